The summed E-state index contributed by atoms with van der Waals surface area (Å²) in [7, 11) is 1.97. The van der Waals surface area contributed by atoms with E-state index in [0.29, 0.717) is 6.61 Å². The number of aromatic nitrogens is 1. The molecule has 114 valence electrons. The summed E-state index contributed by atoms with van der Waals surface area (Å²) in [6.45, 7) is 5.86. The van der Waals surface area contributed by atoms with E-state index in [1.54, 1.807) is 11.3 Å². The van der Waals surface area contributed by atoms with Crippen molar-refractivity contribution in [1.82, 2.24) is 10.3 Å². The van der Waals surface area contributed by atoms with Crippen molar-refractivity contribution >= 4 is 11.3 Å². The fraction of sp³-hybridized carbons (Fsp3) is 0.471. The minimum absolute atomic E-state index is 0.677. The van der Waals surface area contributed by atoms with Crippen LogP contribution in [-0.2, 0) is 12.8 Å². The lowest BCUT2D eigenvalue weighted by atomic mass is 10.0. The van der Waals surface area contributed by atoms with Crippen LogP contribution in [0.3, 0.4) is 0 Å². The number of likely N-dealkylation sites (N-methyl/N-ethyl adjacent to an activating group) is 1. The van der Waals surface area contributed by atoms with Crippen molar-refractivity contribution in [2.75, 3.05) is 20.2 Å². The Balaban J connectivity index is 2.30. The second-order valence-electron chi connectivity index (χ2n) is 4.99. The lowest BCUT2D eigenvalue weighted by Gasteiger charge is -2.10. The van der Waals surface area contributed by atoms with Crippen molar-refractivity contribution < 1.29 is 4.74 Å². The molecular weight excluding hydrogens is 280 g/mol. The van der Waals surface area contributed by atoms with Crippen molar-refractivity contribution in [2.24, 2.45) is 0 Å². The van der Waals surface area contributed by atoms with Gasteiger partial charge in [0.05, 0.1) is 17.3 Å². The Bertz CT molecular complexity index is 566. The fourth-order valence-electron chi connectivity index (χ4n) is 2.28. The molecule has 4 heteroatoms. The second-order valence-corrected chi connectivity index (χ2v) is 5.94. The largest absolute Gasteiger partial charge is 0.493 e. The van der Waals surface area contributed by atoms with Gasteiger partial charge in [0.2, 0.25) is 0 Å². The molecule has 0 aliphatic heterocycles. The molecule has 2 rings (SSSR count). The number of hydrogen-bond donors (Lipinski definition) is 1. The van der Waals surface area contributed by atoms with Crippen LogP contribution in [-0.4, -0.2) is 25.2 Å². The molecule has 1 aromatic carbocycles. The summed E-state index contributed by atoms with van der Waals surface area (Å²) < 4.78 is 5.77. The third kappa shape index (κ3) is 4.29. The van der Waals surface area contributed by atoms with Crippen LogP contribution >= 0.6 is 11.3 Å². The van der Waals surface area contributed by atoms with Crippen LogP contribution in [0.5, 0.6) is 5.75 Å². The highest BCUT2D eigenvalue weighted by molar-refractivity contribution is 7.09. The first-order valence-electron chi connectivity index (χ1n) is 7.63. The second kappa shape index (κ2) is 8.15. The van der Waals surface area contributed by atoms with Crippen molar-refractivity contribution in [3.05, 3.63) is 34.2 Å². The van der Waals surface area contributed by atoms with E-state index in [1.165, 1.54) is 10.6 Å². The maximum absolute atomic E-state index is 5.77. The molecule has 0 amide bonds. The normalized spacial score (nSPS) is 10.8. The highest BCUT2D eigenvalue weighted by Crippen LogP contribution is 2.32. The Labute approximate surface area is 131 Å². The Morgan fingerprint density at radius 1 is 1.24 bits per heavy atom. The standard InChI is InChI=1S/C17H24N2OS/c1-4-6-13-7-8-16(20-5-2)14(11-13)15-12-21-17(19-15)9-10-18-3/h7-8,11-12,18H,4-6,9-10H2,1-3H3. The molecule has 0 aliphatic carbocycles. The maximum atomic E-state index is 5.77. The van der Waals surface area contributed by atoms with E-state index in [1.807, 2.05) is 14.0 Å². The number of thiazole rings is 1. The molecule has 1 N–H and O–H groups in total. The highest BCUT2D eigenvalue weighted by atomic mass is 32.1. The number of ether oxygens (including phenoxy) is 1. The van der Waals surface area contributed by atoms with Crippen LogP contribution < -0.4 is 10.1 Å². The van der Waals surface area contributed by atoms with Crippen molar-refractivity contribution in [3.63, 3.8) is 0 Å². The fourth-order valence-corrected chi connectivity index (χ4v) is 3.08. The van der Waals surface area contributed by atoms with E-state index >= 15 is 0 Å². The Hall–Kier alpha value is -1.39. The van der Waals surface area contributed by atoms with E-state index < -0.39 is 0 Å². The Kier molecular flexibility index (Phi) is 6.21. The van der Waals surface area contributed by atoms with Gasteiger partial charge in [0, 0.05) is 23.9 Å². The molecule has 0 aliphatic rings. The molecule has 1 heterocycles. The summed E-state index contributed by atoms with van der Waals surface area (Å²) in [5, 5.41) is 6.47. The van der Waals surface area contributed by atoms with Crippen LogP contribution in [0.2, 0.25) is 0 Å². The molecule has 3 nitrogen and oxygen atoms in total. The van der Waals surface area contributed by atoms with Crippen molar-refractivity contribution in [2.45, 2.75) is 33.1 Å². The molecular formula is C17H24N2OS. The first-order chi connectivity index (χ1) is 10.3. The average molecular weight is 304 g/mol. The van der Waals surface area contributed by atoms with E-state index in [9.17, 15) is 0 Å². The van der Waals surface area contributed by atoms with E-state index in [4.69, 9.17) is 9.72 Å². The number of hydrogen-bond acceptors (Lipinski definition) is 4. The molecule has 2 aromatic rings. The lowest BCUT2D eigenvalue weighted by Crippen LogP contribution is -2.09. The first kappa shape index (κ1) is 16.0. The van der Waals surface area contributed by atoms with Gasteiger partial charge >= 0.3 is 0 Å². The third-order valence-electron chi connectivity index (χ3n) is 3.30. The number of aryl methyl sites for hydroxylation is 1. The average Bonchev–Trinajstić information content (AvgIpc) is 2.96. The summed E-state index contributed by atoms with van der Waals surface area (Å²) >= 11 is 1.72. The predicted octanol–water partition coefficient (Wildman–Crippen LogP) is 3.92. The summed E-state index contributed by atoms with van der Waals surface area (Å²) in [6, 6.07) is 6.47. The molecule has 0 radical (unpaired) electrons. The smallest absolute Gasteiger partial charge is 0.128 e. The van der Waals surface area contributed by atoms with Gasteiger partial charge in [-0.2, -0.15) is 0 Å². The van der Waals surface area contributed by atoms with Gasteiger partial charge in [-0.15, -0.1) is 11.3 Å². The summed E-state index contributed by atoms with van der Waals surface area (Å²) in [5.41, 5.74) is 3.50. The minimum Gasteiger partial charge on any atom is -0.493 e. The molecule has 0 atom stereocenters. The van der Waals surface area contributed by atoms with Gasteiger partial charge in [-0.1, -0.05) is 19.4 Å². The van der Waals surface area contributed by atoms with E-state index in [-0.39, 0.29) is 0 Å². The van der Waals surface area contributed by atoms with Gasteiger partial charge in [-0.05, 0) is 38.1 Å². The van der Waals surface area contributed by atoms with Gasteiger partial charge in [0.1, 0.15) is 5.75 Å². The molecule has 0 saturated carbocycles. The number of nitrogens with zero attached hydrogens (tertiary/aromatic N) is 1. The van der Waals surface area contributed by atoms with Crippen LogP contribution in [0, 0.1) is 0 Å². The van der Waals surface area contributed by atoms with Crippen LogP contribution in [0.4, 0.5) is 0 Å². The van der Waals surface area contributed by atoms with Gasteiger partial charge in [-0.3, -0.25) is 0 Å². The lowest BCUT2D eigenvalue weighted by molar-refractivity contribution is 0.341. The van der Waals surface area contributed by atoms with Crippen LogP contribution in [0.1, 0.15) is 30.8 Å². The zero-order valence-electron chi connectivity index (χ0n) is 13.1. The highest BCUT2D eigenvalue weighted by Gasteiger charge is 2.11. The van der Waals surface area contributed by atoms with Gasteiger partial charge in [0.25, 0.3) is 0 Å². The predicted molar refractivity (Wildman–Crippen MR) is 90.3 cm³/mol. The van der Waals surface area contributed by atoms with E-state index in [0.717, 1.165) is 42.8 Å². The Morgan fingerprint density at radius 2 is 2.10 bits per heavy atom. The molecule has 0 fully saturated rings. The molecule has 0 saturated heterocycles. The molecule has 0 spiro atoms. The maximum Gasteiger partial charge on any atom is 0.128 e. The molecule has 1 aromatic heterocycles. The van der Waals surface area contributed by atoms with Gasteiger partial charge < -0.3 is 10.1 Å². The van der Waals surface area contributed by atoms with Crippen LogP contribution in [0.15, 0.2) is 23.6 Å². The number of benzene rings is 1. The van der Waals surface area contributed by atoms with E-state index in [2.05, 4.69) is 35.8 Å². The number of nitrogens with one attached hydrogen (secondary N) is 1. The summed E-state index contributed by atoms with van der Waals surface area (Å²) in [5.74, 6) is 0.933. The Morgan fingerprint density at radius 3 is 2.81 bits per heavy atom. The molecule has 21 heavy (non-hydrogen) atoms. The zero-order chi connectivity index (χ0) is 15.1. The van der Waals surface area contributed by atoms with Crippen LogP contribution in [0.25, 0.3) is 11.3 Å². The van der Waals surface area contributed by atoms with Crippen molar-refractivity contribution in [1.29, 1.82) is 0 Å². The minimum atomic E-state index is 0.677. The van der Waals surface area contributed by atoms with Gasteiger partial charge in [-0.25, -0.2) is 4.98 Å². The third-order valence-corrected chi connectivity index (χ3v) is 4.21. The topological polar surface area (TPSA) is 34.1 Å². The van der Waals surface area contributed by atoms with Crippen molar-refractivity contribution in [3.8, 4) is 17.0 Å². The quantitative estimate of drug-likeness (QED) is 0.802. The molecule has 0 bridgehead atoms. The first-order valence-corrected chi connectivity index (χ1v) is 8.51. The summed E-state index contributed by atoms with van der Waals surface area (Å²) in [6.07, 6.45) is 3.22. The molecule has 0 unspecified atom stereocenters. The zero-order valence-corrected chi connectivity index (χ0v) is 13.9. The monoisotopic (exact) mass is 304 g/mol. The SMILES string of the molecule is CCCc1ccc(OCC)c(-c2csc(CCNC)n2)c1. The number of rotatable bonds is 8. The summed E-state index contributed by atoms with van der Waals surface area (Å²) in [4.78, 5) is 4.76. The van der Waals surface area contributed by atoms with Gasteiger partial charge in [0.15, 0.2) is 0 Å².